The molecule has 6 heteroatoms. The van der Waals surface area contributed by atoms with E-state index in [0.717, 1.165) is 0 Å². The molecule has 2 aromatic rings. The fourth-order valence-electron chi connectivity index (χ4n) is 3.63. The van der Waals surface area contributed by atoms with Crippen LogP contribution in [-0.2, 0) is 14.3 Å². The lowest BCUT2D eigenvalue weighted by Gasteiger charge is -2.35. The molecule has 0 bridgehead atoms. The minimum Gasteiger partial charge on any atom is -0.497 e. The van der Waals surface area contributed by atoms with Crippen LogP contribution in [0.25, 0.3) is 5.57 Å². The first-order valence-electron chi connectivity index (χ1n) is 9.37. The summed E-state index contributed by atoms with van der Waals surface area (Å²) in [5.74, 6) is -0.779. The number of allylic oxidation sites excluding steroid dienone is 1. The van der Waals surface area contributed by atoms with Crippen molar-refractivity contribution in [2.45, 2.75) is 24.9 Å². The lowest BCUT2D eigenvalue weighted by molar-refractivity contribution is -0.160. The van der Waals surface area contributed by atoms with Crippen molar-refractivity contribution in [3.8, 4) is 11.5 Å². The van der Waals surface area contributed by atoms with E-state index in [2.05, 4.69) is 0 Å². The second-order valence-electron chi connectivity index (χ2n) is 6.77. The van der Waals surface area contributed by atoms with Crippen molar-refractivity contribution in [2.24, 2.45) is 0 Å². The van der Waals surface area contributed by atoms with E-state index in [1.165, 1.54) is 20.3 Å². The van der Waals surface area contributed by atoms with Crippen molar-refractivity contribution in [1.82, 2.24) is 0 Å². The van der Waals surface area contributed by atoms with Crippen molar-refractivity contribution in [3.63, 3.8) is 0 Å². The average Bonchev–Trinajstić information content (AvgIpc) is 2.75. The van der Waals surface area contributed by atoms with Crippen molar-refractivity contribution in [2.75, 3.05) is 20.8 Å². The summed E-state index contributed by atoms with van der Waals surface area (Å²) in [6, 6.07) is 14.0. The molecule has 152 valence electrons. The largest absolute Gasteiger partial charge is 0.497 e. The maximum absolute atomic E-state index is 13.1. The normalized spacial score (nSPS) is 21.3. The number of aliphatic hydroxyl groups is 1. The number of benzene rings is 2. The van der Waals surface area contributed by atoms with Crippen LogP contribution in [0.1, 0.15) is 30.4 Å². The fourth-order valence-corrected chi connectivity index (χ4v) is 3.63. The van der Waals surface area contributed by atoms with Crippen molar-refractivity contribution in [3.05, 3.63) is 65.7 Å². The minimum absolute atomic E-state index is 0.115. The van der Waals surface area contributed by atoms with Crippen LogP contribution in [0, 0.1) is 0 Å². The molecule has 0 unspecified atom stereocenters. The van der Waals surface area contributed by atoms with Crippen molar-refractivity contribution >= 4 is 17.3 Å². The van der Waals surface area contributed by atoms with E-state index in [1.54, 1.807) is 49.4 Å². The molecule has 2 aromatic carbocycles. The van der Waals surface area contributed by atoms with Crippen LogP contribution in [-0.4, -0.2) is 43.3 Å². The molecule has 0 heterocycles. The Morgan fingerprint density at radius 1 is 1.14 bits per heavy atom. The van der Waals surface area contributed by atoms with E-state index in [-0.39, 0.29) is 24.4 Å². The van der Waals surface area contributed by atoms with Gasteiger partial charge in [-0.1, -0.05) is 30.3 Å². The van der Waals surface area contributed by atoms with E-state index in [9.17, 15) is 14.7 Å². The number of rotatable bonds is 6. The van der Waals surface area contributed by atoms with Gasteiger partial charge in [0.1, 0.15) is 11.5 Å². The first-order valence-corrected chi connectivity index (χ1v) is 9.37. The third kappa shape index (κ3) is 3.89. The Morgan fingerprint density at radius 2 is 1.86 bits per heavy atom. The van der Waals surface area contributed by atoms with Crippen LogP contribution in [0.5, 0.6) is 11.5 Å². The summed E-state index contributed by atoms with van der Waals surface area (Å²) < 4.78 is 15.8. The number of carbonyl (C=O) groups excluding carboxylic acids is 2. The van der Waals surface area contributed by atoms with Crippen LogP contribution in [0.3, 0.4) is 0 Å². The Kier molecular flexibility index (Phi) is 6.03. The molecule has 1 aliphatic carbocycles. The third-order valence-electron chi connectivity index (χ3n) is 5.09. The first-order chi connectivity index (χ1) is 13.9. The van der Waals surface area contributed by atoms with Crippen LogP contribution in [0.2, 0.25) is 0 Å². The predicted octanol–water partition coefficient (Wildman–Crippen LogP) is 3.14. The Hall–Kier alpha value is -3.12. The summed E-state index contributed by atoms with van der Waals surface area (Å²) in [6.07, 6.45) is 1.17. The highest BCUT2D eigenvalue weighted by Crippen LogP contribution is 2.44. The van der Waals surface area contributed by atoms with Crippen molar-refractivity contribution < 1.29 is 28.9 Å². The lowest BCUT2D eigenvalue weighted by Crippen LogP contribution is -2.46. The summed E-state index contributed by atoms with van der Waals surface area (Å²) in [6.45, 7) is 1.79. The molecule has 29 heavy (non-hydrogen) atoms. The van der Waals surface area contributed by atoms with E-state index in [0.29, 0.717) is 22.6 Å². The maximum Gasteiger partial charge on any atom is 0.342 e. The van der Waals surface area contributed by atoms with Gasteiger partial charge in [-0.3, -0.25) is 4.79 Å². The number of esters is 1. The molecule has 6 nitrogen and oxygen atoms in total. The Bertz CT molecular complexity index is 934. The van der Waals surface area contributed by atoms with E-state index in [4.69, 9.17) is 14.2 Å². The number of carbonyl (C=O) groups is 2. The smallest absolute Gasteiger partial charge is 0.342 e. The zero-order valence-electron chi connectivity index (χ0n) is 16.7. The molecule has 0 radical (unpaired) electrons. The highest BCUT2D eigenvalue weighted by atomic mass is 16.5. The van der Waals surface area contributed by atoms with Gasteiger partial charge < -0.3 is 19.3 Å². The molecule has 0 aromatic heterocycles. The van der Waals surface area contributed by atoms with Gasteiger partial charge >= 0.3 is 5.97 Å². The van der Waals surface area contributed by atoms with Gasteiger partial charge in [0.2, 0.25) is 0 Å². The molecule has 0 amide bonds. The van der Waals surface area contributed by atoms with Crippen LogP contribution < -0.4 is 9.47 Å². The molecule has 0 saturated heterocycles. The summed E-state index contributed by atoms with van der Waals surface area (Å²) in [4.78, 5) is 25.9. The number of hydrogen-bond donors (Lipinski definition) is 1. The van der Waals surface area contributed by atoms with E-state index in [1.807, 2.05) is 6.07 Å². The summed E-state index contributed by atoms with van der Waals surface area (Å²) >= 11 is 0. The topological polar surface area (TPSA) is 82.1 Å². The zero-order valence-corrected chi connectivity index (χ0v) is 16.7. The van der Waals surface area contributed by atoms with Crippen LogP contribution >= 0.6 is 0 Å². The van der Waals surface area contributed by atoms with Gasteiger partial charge in [-0.05, 0) is 36.8 Å². The highest BCUT2D eigenvalue weighted by molar-refractivity contribution is 6.10. The Morgan fingerprint density at radius 3 is 2.48 bits per heavy atom. The van der Waals surface area contributed by atoms with Gasteiger partial charge in [0, 0.05) is 17.6 Å². The number of methoxy groups -OCH3 is 2. The van der Waals surface area contributed by atoms with Gasteiger partial charge in [0.15, 0.2) is 11.4 Å². The van der Waals surface area contributed by atoms with Crippen LogP contribution in [0.4, 0.5) is 0 Å². The molecule has 0 fully saturated rings. The van der Waals surface area contributed by atoms with Gasteiger partial charge in [-0.25, -0.2) is 4.79 Å². The van der Waals surface area contributed by atoms with Crippen molar-refractivity contribution in [1.29, 1.82) is 0 Å². The van der Waals surface area contributed by atoms with Gasteiger partial charge in [-0.15, -0.1) is 0 Å². The summed E-state index contributed by atoms with van der Waals surface area (Å²) in [5, 5.41) is 11.5. The molecule has 0 spiro atoms. The highest BCUT2D eigenvalue weighted by Gasteiger charge is 2.49. The Labute approximate surface area is 169 Å². The lowest BCUT2D eigenvalue weighted by atomic mass is 9.72. The molecule has 1 aliphatic rings. The third-order valence-corrected chi connectivity index (χ3v) is 5.09. The number of ketones is 1. The molecule has 0 saturated carbocycles. The molecule has 2 atom stereocenters. The maximum atomic E-state index is 13.1. The molecule has 1 N–H and O–H groups in total. The second kappa shape index (κ2) is 8.49. The van der Waals surface area contributed by atoms with Gasteiger partial charge in [0.05, 0.1) is 26.7 Å². The van der Waals surface area contributed by atoms with Gasteiger partial charge in [0.25, 0.3) is 0 Å². The molecule has 3 rings (SSSR count). The first kappa shape index (κ1) is 20.6. The summed E-state index contributed by atoms with van der Waals surface area (Å²) in [7, 11) is 3.03. The standard InChI is InChI=1S/C23H24O6/c1-4-29-22(25)23(26)14-18(17-12-16(27-2)10-11-21(17)28-3)20(24)13-19(23)15-8-6-5-7-9-15/h5-13,18,26H,4,14H2,1-3H3/t18-,23+/m1/s1. The monoisotopic (exact) mass is 396 g/mol. The quantitative estimate of drug-likeness (QED) is 0.756. The van der Waals surface area contributed by atoms with E-state index < -0.39 is 17.5 Å². The minimum atomic E-state index is -1.97. The van der Waals surface area contributed by atoms with Crippen LogP contribution in [0.15, 0.2) is 54.6 Å². The fraction of sp³-hybridized carbons (Fsp3) is 0.304. The summed E-state index contributed by atoms with van der Waals surface area (Å²) in [5.41, 5.74) is -0.598. The SMILES string of the molecule is CCOC(=O)[C@]1(O)C[C@H](c2cc(OC)ccc2OC)C(=O)C=C1c1ccccc1. The average molecular weight is 396 g/mol. The predicted molar refractivity (Wildman–Crippen MR) is 108 cm³/mol. The molecule has 0 aliphatic heterocycles. The zero-order chi connectivity index (χ0) is 21.0. The Balaban J connectivity index is 2.14. The molecular weight excluding hydrogens is 372 g/mol. The molecular formula is C23H24O6. The van der Waals surface area contributed by atoms with Gasteiger partial charge in [-0.2, -0.15) is 0 Å². The second-order valence-corrected chi connectivity index (χ2v) is 6.77. The number of ether oxygens (including phenoxy) is 3. The number of hydrogen-bond acceptors (Lipinski definition) is 6. The van der Waals surface area contributed by atoms with E-state index >= 15 is 0 Å².